The minimum Gasteiger partial charge on any atom is -0.598 e. The molecule has 2 heterocycles. The van der Waals surface area contributed by atoms with E-state index in [0.29, 0.717) is 38.9 Å². The van der Waals surface area contributed by atoms with E-state index in [1.165, 1.54) is 6.07 Å². The van der Waals surface area contributed by atoms with E-state index in [1.807, 2.05) is 0 Å². The highest BCUT2D eigenvalue weighted by atomic mass is 35.5. The van der Waals surface area contributed by atoms with Gasteiger partial charge < -0.3 is 14.4 Å². The molecule has 3 N–H and O–H groups in total. The molecular formula is C29H30Cl2N4O5S. The van der Waals surface area contributed by atoms with Crippen molar-refractivity contribution in [3.63, 3.8) is 0 Å². The van der Waals surface area contributed by atoms with Crippen molar-refractivity contribution in [1.82, 2.24) is 20.1 Å². The molecule has 0 spiro atoms. The smallest absolute Gasteiger partial charge is 0.255 e. The molecule has 1 saturated carbocycles. The summed E-state index contributed by atoms with van der Waals surface area (Å²) in [6.07, 6.45) is 4.76. The molecule has 2 amide bonds. The summed E-state index contributed by atoms with van der Waals surface area (Å²) in [6, 6.07) is 15.3. The molecule has 1 aromatic heterocycles. The number of pyridine rings is 1. The van der Waals surface area contributed by atoms with E-state index in [1.54, 1.807) is 65.8 Å². The monoisotopic (exact) mass is 616 g/mol. The Bertz CT molecular complexity index is 1490. The lowest BCUT2D eigenvalue weighted by atomic mass is 9.76. The second-order valence-corrected chi connectivity index (χ2v) is 12.2. The predicted octanol–water partition coefficient (Wildman–Crippen LogP) is 4.40. The third-order valence-electron chi connectivity index (χ3n) is 7.57. The van der Waals surface area contributed by atoms with Crippen LogP contribution in [0.15, 0.2) is 65.5 Å². The Labute approximate surface area is 250 Å². The van der Waals surface area contributed by atoms with E-state index in [9.17, 15) is 18.9 Å². The quantitative estimate of drug-likeness (QED) is 0.254. The average molecular weight is 618 g/mol. The van der Waals surface area contributed by atoms with Gasteiger partial charge in [0.05, 0.1) is 24.0 Å². The number of nitrogens with one attached hydrogen (secondary N) is 3. The summed E-state index contributed by atoms with van der Waals surface area (Å²) in [5.74, 6) is -1.61. The van der Waals surface area contributed by atoms with Crippen LogP contribution in [0.5, 0.6) is 0 Å². The van der Waals surface area contributed by atoms with Crippen LogP contribution in [-0.2, 0) is 27.6 Å². The number of aromatic nitrogens is 1. The van der Waals surface area contributed by atoms with Crippen LogP contribution in [0, 0.1) is 0 Å². The molecule has 2 aliphatic rings. The summed E-state index contributed by atoms with van der Waals surface area (Å²) in [4.78, 5) is 49.8. The van der Waals surface area contributed by atoms with E-state index in [4.69, 9.17) is 28.0 Å². The Morgan fingerprint density at radius 1 is 1.07 bits per heavy atom. The van der Waals surface area contributed by atoms with Gasteiger partial charge in [-0.05, 0) is 48.2 Å². The van der Waals surface area contributed by atoms with Crippen LogP contribution in [0.1, 0.15) is 64.8 Å². The zero-order valence-electron chi connectivity index (χ0n) is 22.3. The van der Waals surface area contributed by atoms with Crippen molar-refractivity contribution in [2.24, 2.45) is 0 Å². The van der Waals surface area contributed by atoms with Gasteiger partial charge in [0.25, 0.3) is 11.8 Å². The third-order valence-corrected chi connectivity index (χ3v) is 8.77. The van der Waals surface area contributed by atoms with Gasteiger partial charge in [0, 0.05) is 38.7 Å². The van der Waals surface area contributed by atoms with Crippen LogP contribution in [0.4, 0.5) is 0 Å². The fourth-order valence-electron chi connectivity index (χ4n) is 5.89. The maximum atomic E-state index is 14.3. The van der Waals surface area contributed by atoms with Gasteiger partial charge in [-0.25, -0.2) is 5.48 Å². The summed E-state index contributed by atoms with van der Waals surface area (Å²) in [5.41, 5.74) is 4.25. The molecule has 5 rings (SSSR count). The Morgan fingerprint density at radius 2 is 1.85 bits per heavy atom. The van der Waals surface area contributed by atoms with Crippen molar-refractivity contribution < 1.29 is 19.0 Å². The first-order valence-electron chi connectivity index (χ1n) is 13.3. The molecular weight excluding hydrogens is 587 g/mol. The molecule has 1 unspecified atom stereocenters. The van der Waals surface area contributed by atoms with Crippen LogP contribution in [0.2, 0.25) is 10.0 Å². The third kappa shape index (κ3) is 6.48. The minimum absolute atomic E-state index is 0.0673. The molecule has 0 saturated heterocycles. The number of carbonyl (C=O) groups is 2. The fourth-order valence-corrected chi connectivity index (χ4v) is 7.11. The average Bonchev–Trinajstić information content (AvgIpc) is 2.93. The van der Waals surface area contributed by atoms with E-state index in [0.717, 1.165) is 19.3 Å². The molecule has 1 fully saturated rings. The number of carbonyl (C=O) groups excluding carboxylic acids is 2. The van der Waals surface area contributed by atoms with Gasteiger partial charge in [0.15, 0.2) is 0 Å². The Kier molecular flexibility index (Phi) is 9.38. The zero-order chi connectivity index (χ0) is 29.1. The van der Waals surface area contributed by atoms with Crippen LogP contribution in [0.3, 0.4) is 0 Å². The zero-order valence-corrected chi connectivity index (χ0v) is 24.6. The lowest BCUT2D eigenvalue weighted by Gasteiger charge is -2.48. The van der Waals surface area contributed by atoms with Crippen molar-refractivity contribution in [3.05, 3.63) is 103 Å². The number of nitrogens with zero attached hydrogens (tertiary/aromatic N) is 1. The van der Waals surface area contributed by atoms with E-state index in [-0.39, 0.29) is 30.2 Å². The van der Waals surface area contributed by atoms with Crippen LogP contribution >= 0.6 is 23.2 Å². The van der Waals surface area contributed by atoms with E-state index >= 15 is 0 Å². The predicted molar refractivity (Wildman–Crippen MR) is 158 cm³/mol. The molecule has 12 heteroatoms. The van der Waals surface area contributed by atoms with Gasteiger partial charge in [-0.15, -0.1) is 4.72 Å². The van der Waals surface area contributed by atoms with Gasteiger partial charge in [-0.3, -0.25) is 19.2 Å². The van der Waals surface area contributed by atoms with Crippen molar-refractivity contribution >= 4 is 46.4 Å². The molecule has 216 valence electrons. The van der Waals surface area contributed by atoms with Gasteiger partial charge in [-0.1, -0.05) is 66.4 Å². The lowest BCUT2D eigenvalue weighted by Crippen LogP contribution is -2.59. The topological polar surface area (TPSA) is 127 Å². The fraction of sp³-hybridized carbons (Fsp3) is 0.345. The summed E-state index contributed by atoms with van der Waals surface area (Å²) in [6.45, 7) is -0.0673. The van der Waals surface area contributed by atoms with Gasteiger partial charge >= 0.3 is 0 Å². The summed E-state index contributed by atoms with van der Waals surface area (Å²) >= 11 is 11.7. The molecule has 1 aliphatic carbocycles. The molecule has 2 aromatic carbocycles. The Morgan fingerprint density at radius 3 is 2.61 bits per heavy atom. The highest BCUT2D eigenvalue weighted by Gasteiger charge is 2.49. The Hall–Kier alpha value is -2.86. The molecule has 9 nitrogen and oxygen atoms in total. The lowest BCUT2D eigenvalue weighted by molar-refractivity contribution is -0.138. The molecule has 0 radical (unpaired) electrons. The maximum Gasteiger partial charge on any atom is 0.255 e. The SMILES string of the molecule is C[S+]([O-])N[C@H]1CCCC[C@@H]1N1C(=O)c2ccccc2[C@@H](C(=O)NOCc2cccc(=O)[nH]2)[C@@H]1c1ccc(Cl)cc1Cl. The summed E-state index contributed by atoms with van der Waals surface area (Å²) in [7, 11) is 0. The number of fused-ring (bicyclic) bond motifs is 1. The normalized spacial score (nSPS) is 23.1. The first-order valence-corrected chi connectivity index (χ1v) is 15.6. The molecule has 0 bridgehead atoms. The van der Waals surface area contributed by atoms with E-state index < -0.39 is 29.2 Å². The van der Waals surface area contributed by atoms with Crippen molar-refractivity contribution in [2.45, 2.75) is 56.3 Å². The molecule has 3 aromatic rings. The van der Waals surface area contributed by atoms with E-state index in [2.05, 4.69) is 15.2 Å². The number of hydroxylamine groups is 1. The van der Waals surface area contributed by atoms with Gasteiger partial charge in [-0.2, -0.15) is 0 Å². The van der Waals surface area contributed by atoms with Gasteiger partial charge in [0.2, 0.25) is 5.56 Å². The van der Waals surface area contributed by atoms with Crippen molar-refractivity contribution in [3.8, 4) is 0 Å². The number of aromatic amines is 1. The minimum atomic E-state index is -1.31. The second-order valence-electron chi connectivity index (χ2n) is 10.2. The first-order chi connectivity index (χ1) is 19.7. The number of hydrogen-bond acceptors (Lipinski definition) is 6. The number of rotatable bonds is 8. The number of benzene rings is 2. The maximum absolute atomic E-state index is 14.3. The molecule has 1 aliphatic heterocycles. The van der Waals surface area contributed by atoms with Crippen LogP contribution < -0.4 is 15.8 Å². The Balaban J connectivity index is 1.58. The standard InChI is InChI=1S/C29H30Cl2N4O5S/c1-41(39)34-23-10-4-5-11-24(23)35-27(21-14-13-17(30)15-22(21)31)26(19-8-2-3-9-20(19)29(35)38)28(37)33-40-16-18-7-6-12-25(36)32-18/h2-3,6-9,12-15,23-24,26-27,34H,4-5,10-11,16H2,1H3,(H,32,36)(H,33,37)/t23-,24-,26+,27-,41?/m0/s1. The number of amides is 2. The largest absolute Gasteiger partial charge is 0.598 e. The number of halogens is 2. The second kappa shape index (κ2) is 13.0. The molecule has 5 atom stereocenters. The van der Waals surface area contributed by atoms with Crippen molar-refractivity contribution in [2.75, 3.05) is 6.26 Å². The first kappa shape index (κ1) is 29.6. The number of H-pyrrole nitrogens is 1. The summed E-state index contributed by atoms with van der Waals surface area (Å²) in [5, 5.41) is 0.743. The molecule has 41 heavy (non-hydrogen) atoms. The highest BCUT2D eigenvalue weighted by molar-refractivity contribution is 7.88. The van der Waals surface area contributed by atoms with Crippen LogP contribution in [-0.4, -0.2) is 44.6 Å². The summed E-state index contributed by atoms with van der Waals surface area (Å²) < 4.78 is 15.4. The van der Waals surface area contributed by atoms with Gasteiger partial charge in [0.1, 0.15) is 12.9 Å². The number of hydrogen-bond donors (Lipinski definition) is 3. The van der Waals surface area contributed by atoms with Crippen LogP contribution in [0.25, 0.3) is 0 Å². The highest BCUT2D eigenvalue weighted by Crippen LogP contribution is 2.47. The van der Waals surface area contributed by atoms with Crippen molar-refractivity contribution in [1.29, 1.82) is 0 Å².